The third kappa shape index (κ3) is 2.97. The number of benzene rings is 1. The molecular weight excluding hydrogens is 216 g/mol. The number of aryl methyl sites for hydroxylation is 2. The van der Waals surface area contributed by atoms with E-state index in [1.165, 1.54) is 24.0 Å². The average Bonchev–Trinajstić information content (AvgIpc) is 2.75. The van der Waals surface area contributed by atoms with Gasteiger partial charge in [-0.05, 0) is 42.5 Å². The van der Waals surface area contributed by atoms with Gasteiger partial charge in [0.2, 0.25) is 5.91 Å². The monoisotopic (exact) mass is 234 g/mol. The Bertz CT molecular complexity index is 418. The summed E-state index contributed by atoms with van der Waals surface area (Å²) in [5.41, 5.74) is 13.4. The molecule has 0 aromatic heterocycles. The quantitative estimate of drug-likeness (QED) is 0.789. The maximum Gasteiger partial charge on any atom is 0.234 e. The lowest BCUT2D eigenvalue weighted by atomic mass is 10.1. The zero-order valence-corrected chi connectivity index (χ0v) is 9.82. The number of ether oxygens (including phenoxy) is 1. The Morgan fingerprint density at radius 1 is 1.35 bits per heavy atom. The second-order valence-electron chi connectivity index (χ2n) is 4.43. The van der Waals surface area contributed by atoms with E-state index >= 15 is 0 Å². The highest BCUT2D eigenvalue weighted by atomic mass is 16.5. The van der Waals surface area contributed by atoms with Gasteiger partial charge in [0.25, 0.3) is 0 Å². The molecule has 0 spiro atoms. The summed E-state index contributed by atoms with van der Waals surface area (Å²) < 4.78 is 5.56. The van der Waals surface area contributed by atoms with Crippen LogP contribution >= 0.6 is 0 Å². The molecule has 1 amide bonds. The average molecular weight is 234 g/mol. The van der Waals surface area contributed by atoms with Crippen LogP contribution in [0.5, 0.6) is 5.75 Å². The third-order valence-electron chi connectivity index (χ3n) is 3.13. The van der Waals surface area contributed by atoms with Gasteiger partial charge in [-0.15, -0.1) is 0 Å². The van der Waals surface area contributed by atoms with E-state index in [2.05, 4.69) is 12.1 Å². The van der Waals surface area contributed by atoms with E-state index in [1.807, 2.05) is 6.07 Å². The number of carbonyl (C=O) groups is 1. The first-order chi connectivity index (χ1) is 8.16. The van der Waals surface area contributed by atoms with Crippen molar-refractivity contribution in [2.24, 2.45) is 11.5 Å². The molecule has 1 unspecified atom stereocenters. The van der Waals surface area contributed by atoms with Gasteiger partial charge >= 0.3 is 0 Å². The number of fused-ring (bicyclic) bond motifs is 1. The summed E-state index contributed by atoms with van der Waals surface area (Å²) in [6.07, 6.45) is 3.98. The van der Waals surface area contributed by atoms with E-state index in [9.17, 15) is 4.79 Å². The summed E-state index contributed by atoms with van der Waals surface area (Å²) in [5.74, 6) is 0.366. The van der Waals surface area contributed by atoms with Crippen LogP contribution in [0.1, 0.15) is 24.0 Å². The van der Waals surface area contributed by atoms with Gasteiger partial charge in [0, 0.05) is 6.42 Å². The molecule has 0 radical (unpaired) electrons. The van der Waals surface area contributed by atoms with Crippen LogP contribution in [-0.4, -0.2) is 18.6 Å². The van der Waals surface area contributed by atoms with Gasteiger partial charge in [-0.3, -0.25) is 4.79 Å². The van der Waals surface area contributed by atoms with Crippen LogP contribution in [0.3, 0.4) is 0 Å². The molecule has 2 rings (SSSR count). The highest BCUT2D eigenvalue weighted by molar-refractivity contribution is 5.79. The van der Waals surface area contributed by atoms with Crippen molar-refractivity contribution in [3.63, 3.8) is 0 Å². The van der Waals surface area contributed by atoms with Crippen molar-refractivity contribution in [3.8, 4) is 5.75 Å². The van der Waals surface area contributed by atoms with Crippen molar-refractivity contribution in [1.82, 2.24) is 0 Å². The number of primary amides is 1. The zero-order chi connectivity index (χ0) is 12.3. The SMILES string of the molecule is NC(=O)C(N)CCOc1ccc2c(c1)CCC2. The summed E-state index contributed by atoms with van der Waals surface area (Å²) >= 11 is 0. The van der Waals surface area contributed by atoms with Crippen LogP contribution in [-0.2, 0) is 17.6 Å². The lowest BCUT2D eigenvalue weighted by molar-refractivity contribution is -0.119. The number of rotatable bonds is 5. The number of amides is 1. The molecule has 0 aliphatic heterocycles. The summed E-state index contributed by atoms with van der Waals surface area (Å²) in [5, 5.41) is 0. The summed E-state index contributed by atoms with van der Waals surface area (Å²) in [6, 6.07) is 5.55. The fourth-order valence-corrected chi connectivity index (χ4v) is 2.08. The minimum Gasteiger partial charge on any atom is -0.494 e. The number of hydrogen-bond acceptors (Lipinski definition) is 3. The Morgan fingerprint density at radius 3 is 2.88 bits per heavy atom. The molecule has 1 aromatic carbocycles. The standard InChI is InChI=1S/C13H18N2O2/c14-12(13(15)16)6-7-17-11-5-4-9-2-1-3-10(9)8-11/h4-5,8,12H,1-3,6-7,14H2,(H2,15,16). The highest BCUT2D eigenvalue weighted by Crippen LogP contribution is 2.25. The van der Waals surface area contributed by atoms with Crippen molar-refractivity contribution in [3.05, 3.63) is 29.3 Å². The van der Waals surface area contributed by atoms with Crippen molar-refractivity contribution in [2.45, 2.75) is 31.7 Å². The molecule has 0 saturated heterocycles. The van der Waals surface area contributed by atoms with Crippen LogP contribution < -0.4 is 16.2 Å². The lowest BCUT2D eigenvalue weighted by Crippen LogP contribution is -2.37. The van der Waals surface area contributed by atoms with Gasteiger partial charge in [-0.1, -0.05) is 6.07 Å². The molecule has 0 heterocycles. The molecule has 0 bridgehead atoms. The van der Waals surface area contributed by atoms with Gasteiger partial charge in [0.05, 0.1) is 12.6 Å². The molecule has 1 aliphatic rings. The molecule has 4 heteroatoms. The Labute approximate surface area is 101 Å². The molecule has 92 valence electrons. The van der Waals surface area contributed by atoms with E-state index in [4.69, 9.17) is 16.2 Å². The van der Waals surface area contributed by atoms with Crippen molar-refractivity contribution in [1.29, 1.82) is 0 Å². The molecule has 4 N–H and O–H groups in total. The predicted molar refractivity (Wildman–Crippen MR) is 65.7 cm³/mol. The van der Waals surface area contributed by atoms with Crippen molar-refractivity contribution >= 4 is 5.91 Å². The van der Waals surface area contributed by atoms with Crippen LogP contribution in [0.25, 0.3) is 0 Å². The Hall–Kier alpha value is -1.55. The molecule has 0 fully saturated rings. The third-order valence-corrected chi connectivity index (χ3v) is 3.13. The van der Waals surface area contributed by atoms with Gasteiger partial charge in [0.15, 0.2) is 0 Å². The zero-order valence-electron chi connectivity index (χ0n) is 9.82. The Morgan fingerprint density at radius 2 is 2.12 bits per heavy atom. The molecule has 1 atom stereocenters. The van der Waals surface area contributed by atoms with Gasteiger partial charge in [-0.2, -0.15) is 0 Å². The Balaban J connectivity index is 1.85. The summed E-state index contributed by atoms with van der Waals surface area (Å²) in [7, 11) is 0. The first-order valence-corrected chi connectivity index (χ1v) is 5.96. The molecule has 0 saturated carbocycles. The van der Waals surface area contributed by atoms with Gasteiger partial charge in [0.1, 0.15) is 5.75 Å². The molecule has 4 nitrogen and oxygen atoms in total. The second kappa shape index (κ2) is 5.19. The first kappa shape index (κ1) is 11.9. The maximum absolute atomic E-state index is 10.7. The van der Waals surface area contributed by atoms with Crippen LogP contribution in [0.4, 0.5) is 0 Å². The van der Waals surface area contributed by atoms with E-state index < -0.39 is 11.9 Å². The fourth-order valence-electron chi connectivity index (χ4n) is 2.08. The van der Waals surface area contributed by atoms with E-state index in [0.717, 1.165) is 12.2 Å². The van der Waals surface area contributed by atoms with Crippen molar-refractivity contribution < 1.29 is 9.53 Å². The topological polar surface area (TPSA) is 78.3 Å². The maximum atomic E-state index is 10.7. The molecule has 17 heavy (non-hydrogen) atoms. The molecular formula is C13H18N2O2. The van der Waals surface area contributed by atoms with Gasteiger partial charge in [-0.25, -0.2) is 0 Å². The summed E-state index contributed by atoms with van der Waals surface area (Å²) in [4.78, 5) is 10.7. The van der Waals surface area contributed by atoms with Crippen molar-refractivity contribution in [2.75, 3.05) is 6.61 Å². The highest BCUT2D eigenvalue weighted by Gasteiger charge is 2.12. The molecule has 1 aromatic rings. The van der Waals surface area contributed by atoms with Crippen LogP contribution in [0.2, 0.25) is 0 Å². The van der Waals surface area contributed by atoms with E-state index in [1.54, 1.807) is 0 Å². The van der Waals surface area contributed by atoms with Gasteiger partial charge < -0.3 is 16.2 Å². The first-order valence-electron chi connectivity index (χ1n) is 5.96. The fraction of sp³-hybridized carbons (Fsp3) is 0.462. The van der Waals surface area contributed by atoms with E-state index in [0.29, 0.717) is 13.0 Å². The smallest absolute Gasteiger partial charge is 0.234 e. The summed E-state index contributed by atoms with van der Waals surface area (Å²) in [6.45, 7) is 0.420. The van der Waals surface area contributed by atoms with Crippen LogP contribution in [0, 0.1) is 0 Å². The predicted octanol–water partition coefficient (Wildman–Crippen LogP) is 0.757. The molecule has 1 aliphatic carbocycles. The minimum atomic E-state index is -0.621. The number of hydrogen-bond donors (Lipinski definition) is 2. The Kier molecular flexibility index (Phi) is 3.64. The van der Waals surface area contributed by atoms with E-state index in [-0.39, 0.29) is 0 Å². The number of nitrogens with two attached hydrogens (primary N) is 2. The second-order valence-corrected chi connectivity index (χ2v) is 4.43. The normalized spacial score (nSPS) is 15.4. The van der Waals surface area contributed by atoms with Crippen LogP contribution in [0.15, 0.2) is 18.2 Å². The largest absolute Gasteiger partial charge is 0.494 e. The minimum absolute atomic E-state index is 0.420. The lowest BCUT2D eigenvalue weighted by Gasteiger charge is -2.10. The number of carbonyl (C=O) groups excluding carboxylic acids is 1.